The molecule has 4 aromatic rings. The van der Waals surface area contributed by atoms with Crippen LogP contribution in [0.15, 0.2) is 63.9 Å². The average molecular weight is 409 g/mol. The fourth-order valence-electron chi connectivity index (χ4n) is 2.76. The van der Waals surface area contributed by atoms with E-state index in [0.717, 1.165) is 27.5 Å². The average Bonchev–Trinajstić information content (AvgIpc) is 2.92. The SMILES string of the molecule is O=c1c2cc(Br)c3ccccc3[n+]2[nH]n1-c1ccc(C(F)(F)F)cc1. The van der Waals surface area contributed by atoms with Gasteiger partial charge in [-0.3, -0.25) is 0 Å². The van der Waals surface area contributed by atoms with Crippen LogP contribution in [0.1, 0.15) is 5.56 Å². The van der Waals surface area contributed by atoms with Crippen LogP contribution in [0, 0.1) is 0 Å². The molecule has 0 aliphatic heterocycles. The van der Waals surface area contributed by atoms with Crippen LogP contribution in [0.5, 0.6) is 0 Å². The number of nitrogens with one attached hydrogen (secondary N) is 1. The van der Waals surface area contributed by atoms with Gasteiger partial charge < -0.3 is 0 Å². The number of halogens is 4. The van der Waals surface area contributed by atoms with Crippen LogP contribution in [0.25, 0.3) is 22.1 Å². The number of fused-ring (bicyclic) bond motifs is 3. The Morgan fingerprint density at radius 3 is 2.36 bits per heavy atom. The molecule has 0 spiro atoms. The fraction of sp³-hybridized carbons (Fsp3) is 0.0588. The Morgan fingerprint density at radius 2 is 1.68 bits per heavy atom. The van der Waals surface area contributed by atoms with Crippen molar-refractivity contribution in [2.24, 2.45) is 0 Å². The molecule has 0 saturated heterocycles. The quantitative estimate of drug-likeness (QED) is 0.477. The van der Waals surface area contributed by atoms with Crippen molar-refractivity contribution in [2.45, 2.75) is 6.18 Å². The molecule has 2 aromatic heterocycles. The molecule has 25 heavy (non-hydrogen) atoms. The number of hydrogen-bond acceptors (Lipinski definition) is 1. The van der Waals surface area contributed by atoms with Crippen molar-refractivity contribution >= 4 is 32.3 Å². The minimum Gasteiger partial charge on any atom is -0.234 e. The molecule has 0 aliphatic rings. The van der Waals surface area contributed by atoms with Gasteiger partial charge >= 0.3 is 11.7 Å². The number of nitrogens with zero attached hydrogens (tertiary/aromatic N) is 2. The second kappa shape index (κ2) is 5.45. The zero-order valence-corrected chi connectivity index (χ0v) is 14.1. The van der Waals surface area contributed by atoms with E-state index < -0.39 is 11.7 Å². The monoisotopic (exact) mass is 408 g/mol. The smallest absolute Gasteiger partial charge is 0.234 e. The van der Waals surface area contributed by atoms with E-state index in [2.05, 4.69) is 21.1 Å². The topological polar surface area (TPSA) is 41.9 Å². The molecule has 0 radical (unpaired) electrons. The number of benzene rings is 2. The van der Waals surface area contributed by atoms with E-state index >= 15 is 0 Å². The number of rotatable bonds is 1. The van der Waals surface area contributed by atoms with E-state index in [0.29, 0.717) is 11.2 Å². The summed E-state index contributed by atoms with van der Waals surface area (Å²) in [4.78, 5) is 12.7. The van der Waals surface area contributed by atoms with Crippen molar-refractivity contribution in [3.05, 3.63) is 75.0 Å². The summed E-state index contributed by atoms with van der Waals surface area (Å²) < 4.78 is 41.7. The highest BCUT2D eigenvalue weighted by Gasteiger charge is 2.30. The first-order valence-corrected chi connectivity index (χ1v) is 8.07. The number of pyridine rings is 1. The van der Waals surface area contributed by atoms with Gasteiger partial charge in [-0.15, -0.1) is 4.52 Å². The van der Waals surface area contributed by atoms with Gasteiger partial charge in [-0.25, -0.2) is 4.79 Å². The van der Waals surface area contributed by atoms with Crippen molar-refractivity contribution in [1.82, 2.24) is 9.90 Å². The van der Waals surface area contributed by atoms with E-state index in [-0.39, 0.29) is 5.56 Å². The van der Waals surface area contributed by atoms with Crippen LogP contribution in [0.4, 0.5) is 13.2 Å². The lowest BCUT2D eigenvalue weighted by Crippen LogP contribution is -2.26. The van der Waals surface area contributed by atoms with Gasteiger partial charge in [0.05, 0.1) is 5.56 Å². The lowest BCUT2D eigenvalue weighted by molar-refractivity contribution is -0.555. The van der Waals surface area contributed by atoms with Crippen molar-refractivity contribution < 1.29 is 17.7 Å². The molecule has 2 heterocycles. The van der Waals surface area contributed by atoms with Crippen LogP contribution in [-0.2, 0) is 6.18 Å². The molecule has 0 aliphatic carbocycles. The third-order valence-electron chi connectivity index (χ3n) is 3.98. The zero-order valence-electron chi connectivity index (χ0n) is 12.5. The minimum absolute atomic E-state index is 0.321. The summed E-state index contributed by atoms with van der Waals surface area (Å²) in [6, 6.07) is 13.6. The number of alkyl halides is 3. The molecule has 126 valence electrons. The zero-order chi connectivity index (χ0) is 17.8. The van der Waals surface area contributed by atoms with Crippen LogP contribution in [0.2, 0.25) is 0 Å². The molecule has 4 rings (SSSR count). The molecule has 0 bridgehead atoms. The van der Waals surface area contributed by atoms with E-state index in [1.54, 1.807) is 10.6 Å². The normalized spacial score (nSPS) is 12.2. The maximum absolute atomic E-state index is 12.7. The van der Waals surface area contributed by atoms with E-state index in [9.17, 15) is 18.0 Å². The highest BCUT2D eigenvalue weighted by Crippen LogP contribution is 2.29. The van der Waals surface area contributed by atoms with E-state index in [4.69, 9.17) is 0 Å². The predicted molar refractivity (Wildman–Crippen MR) is 89.8 cm³/mol. The Balaban J connectivity index is 1.96. The molecule has 1 N–H and O–H groups in total. The van der Waals surface area contributed by atoms with E-state index in [1.165, 1.54) is 16.8 Å². The lowest BCUT2D eigenvalue weighted by Gasteiger charge is -2.05. The largest absolute Gasteiger partial charge is 0.416 e. The second-order valence-corrected chi connectivity index (χ2v) is 6.37. The summed E-state index contributed by atoms with van der Waals surface area (Å²) in [5.41, 5.74) is 0.356. The van der Waals surface area contributed by atoms with Crippen molar-refractivity contribution in [2.75, 3.05) is 0 Å². The van der Waals surface area contributed by atoms with Crippen LogP contribution in [-0.4, -0.2) is 9.90 Å². The molecule has 0 amide bonds. The Bertz CT molecular complexity index is 1160. The highest BCUT2D eigenvalue weighted by atomic mass is 79.9. The van der Waals surface area contributed by atoms with E-state index in [1.807, 2.05) is 24.3 Å². The number of aromatic amines is 1. The van der Waals surface area contributed by atoms with Crippen LogP contribution in [0.3, 0.4) is 0 Å². The molecule has 0 fully saturated rings. The summed E-state index contributed by atoms with van der Waals surface area (Å²) in [5.74, 6) is 0. The Kier molecular flexibility index (Phi) is 3.47. The lowest BCUT2D eigenvalue weighted by atomic mass is 10.2. The van der Waals surface area contributed by atoms with Crippen LogP contribution >= 0.6 is 15.9 Å². The Labute approximate surface area is 147 Å². The molecule has 0 unspecified atom stereocenters. The van der Waals surface area contributed by atoms with Crippen molar-refractivity contribution in [3.63, 3.8) is 0 Å². The fourth-order valence-corrected chi connectivity index (χ4v) is 3.31. The maximum atomic E-state index is 12.7. The highest BCUT2D eigenvalue weighted by molar-refractivity contribution is 9.10. The number of hydrogen-bond donors (Lipinski definition) is 1. The first-order chi connectivity index (χ1) is 11.9. The number of H-pyrrole nitrogens is 1. The molecule has 2 aromatic carbocycles. The Hall–Kier alpha value is -2.61. The Morgan fingerprint density at radius 1 is 1.00 bits per heavy atom. The molecule has 0 saturated carbocycles. The summed E-state index contributed by atoms with van der Waals surface area (Å²) in [6.07, 6.45) is -4.42. The standard InChI is InChI=1S/C17H9BrF3N3O/c18-13-9-15-16(25)23(11-7-5-10(6-8-11)17(19,20)21)22-24(15)14-4-2-1-3-12(13)14/h1-9H/p+1. The third-order valence-corrected chi connectivity index (χ3v) is 4.64. The molecule has 0 atom stereocenters. The van der Waals surface area contributed by atoms with Gasteiger partial charge in [0, 0.05) is 15.9 Å². The number of para-hydroxylation sites is 1. The van der Waals surface area contributed by atoms with Gasteiger partial charge in [-0.05, 0) is 52.3 Å². The summed E-state index contributed by atoms with van der Waals surface area (Å²) in [7, 11) is 0. The summed E-state index contributed by atoms with van der Waals surface area (Å²) in [5, 5.41) is 3.83. The van der Waals surface area contributed by atoms with Crippen molar-refractivity contribution in [3.8, 4) is 5.69 Å². The first kappa shape index (κ1) is 15.9. The first-order valence-electron chi connectivity index (χ1n) is 7.28. The third kappa shape index (κ3) is 2.53. The number of aromatic nitrogens is 3. The minimum atomic E-state index is -4.42. The summed E-state index contributed by atoms with van der Waals surface area (Å²) >= 11 is 3.45. The van der Waals surface area contributed by atoms with Gasteiger partial charge in [0.15, 0.2) is 11.2 Å². The van der Waals surface area contributed by atoms with Gasteiger partial charge in [-0.2, -0.15) is 13.2 Å². The maximum Gasteiger partial charge on any atom is 0.416 e. The van der Waals surface area contributed by atoms with Gasteiger partial charge in [0.25, 0.3) is 0 Å². The molecular weight excluding hydrogens is 399 g/mol. The summed E-state index contributed by atoms with van der Waals surface area (Å²) in [6.45, 7) is 0. The van der Waals surface area contributed by atoms with Gasteiger partial charge in [0.1, 0.15) is 0 Å². The molecular formula is C17H10BrF3N3O+. The molecule has 4 nitrogen and oxygen atoms in total. The molecule has 8 heteroatoms. The van der Waals surface area contributed by atoms with Gasteiger partial charge in [0.2, 0.25) is 5.52 Å². The predicted octanol–water partition coefficient (Wildman–Crippen LogP) is 3.84. The second-order valence-electron chi connectivity index (χ2n) is 5.52. The van der Waals surface area contributed by atoms with Crippen molar-refractivity contribution in [1.29, 1.82) is 0 Å². The van der Waals surface area contributed by atoms with Crippen LogP contribution < -0.4 is 10.1 Å². The van der Waals surface area contributed by atoms with Gasteiger partial charge in [-0.1, -0.05) is 22.0 Å².